The van der Waals surface area contributed by atoms with E-state index in [0.717, 1.165) is 114 Å². The molecule has 93 heavy (non-hydrogen) atoms. The Hall–Kier alpha value is -1.94. The first-order chi connectivity index (χ1) is 44.8. The largest absolute Gasteiger partial charge is 0.472 e. The molecule has 0 aromatic rings. The van der Waals surface area contributed by atoms with E-state index in [9.17, 15) is 43.2 Å². The second kappa shape index (κ2) is 64.7. The fourth-order valence-electron chi connectivity index (χ4n) is 11.2. The van der Waals surface area contributed by atoms with Gasteiger partial charge in [-0.1, -0.05) is 325 Å². The molecular formula is C74H144O17P2. The zero-order chi connectivity index (χ0) is 68.7. The fraction of sp³-hybridized carbons (Fsp3) is 0.946. The van der Waals surface area contributed by atoms with E-state index >= 15 is 0 Å². The van der Waals surface area contributed by atoms with Gasteiger partial charge in [-0.05, 0) is 43.4 Å². The van der Waals surface area contributed by atoms with E-state index in [1.165, 1.54) is 180 Å². The van der Waals surface area contributed by atoms with Crippen molar-refractivity contribution in [1.29, 1.82) is 0 Å². The van der Waals surface area contributed by atoms with Crippen LogP contribution in [0.15, 0.2) is 0 Å². The van der Waals surface area contributed by atoms with Crippen molar-refractivity contribution < 1.29 is 80.2 Å². The number of ether oxygens (including phenoxy) is 4. The van der Waals surface area contributed by atoms with Crippen LogP contribution >= 0.6 is 15.6 Å². The average molecular weight is 1370 g/mol. The molecule has 0 saturated heterocycles. The summed E-state index contributed by atoms with van der Waals surface area (Å²) in [5, 5.41) is 10.6. The summed E-state index contributed by atoms with van der Waals surface area (Å²) in [4.78, 5) is 72.7. The molecule has 0 aliphatic heterocycles. The Morgan fingerprint density at radius 3 is 0.817 bits per heavy atom. The van der Waals surface area contributed by atoms with Crippen molar-refractivity contribution in [3.63, 3.8) is 0 Å². The van der Waals surface area contributed by atoms with Crippen LogP contribution in [0.3, 0.4) is 0 Å². The number of carbonyl (C=O) groups is 4. The maximum Gasteiger partial charge on any atom is 0.472 e. The van der Waals surface area contributed by atoms with Crippen molar-refractivity contribution in [3.05, 3.63) is 0 Å². The van der Waals surface area contributed by atoms with Gasteiger partial charge in [0, 0.05) is 25.7 Å². The SMILES string of the molecule is CCCCCCCCCCCCCCCC(=O)OC[C@H](COP(=O)(O)OC[C@@H](O)COP(=O)(O)OC[C@@H](COC(=O)CCCCCCCCC(C)CC)OC(=O)CCCCCCCCCCC(C)CC)OC(=O)CCCCCCCCCCCCCCCCCC(C)C. The first-order valence-electron chi connectivity index (χ1n) is 38.4. The van der Waals surface area contributed by atoms with Crippen molar-refractivity contribution in [2.24, 2.45) is 17.8 Å². The summed E-state index contributed by atoms with van der Waals surface area (Å²) in [5.41, 5.74) is 0. The van der Waals surface area contributed by atoms with E-state index in [1.807, 2.05) is 0 Å². The third-order valence-corrected chi connectivity index (χ3v) is 19.8. The molecule has 0 aliphatic carbocycles. The van der Waals surface area contributed by atoms with Gasteiger partial charge in [0.15, 0.2) is 12.2 Å². The number of esters is 4. The summed E-state index contributed by atoms with van der Waals surface area (Å²) in [7, 11) is -9.91. The maximum absolute atomic E-state index is 13.1. The standard InChI is InChI=1S/C74H144O17P2/c1-8-11-12-13-14-15-16-20-24-27-33-41-48-55-71(76)84-61-69(90-73(78)57-50-43-34-28-25-22-19-17-18-21-23-26-31-38-45-52-65(4)5)63-88-92(80,81)86-59-68(75)60-87-93(82,83)89-64-70(62-85-72(77)56-49-42-37-36-40-47-54-67(7)10-3)91-74(79)58-51-44-35-30-29-32-39-46-53-66(6)9-2/h65-70,75H,8-64H2,1-7H3,(H,80,81)(H,82,83)/t66?,67?,68-,69-,70-/m1/s1. The van der Waals surface area contributed by atoms with E-state index in [2.05, 4.69) is 48.5 Å². The van der Waals surface area contributed by atoms with Crippen molar-refractivity contribution >= 4 is 39.5 Å². The maximum atomic E-state index is 13.1. The van der Waals surface area contributed by atoms with Crippen LogP contribution < -0.4 is 0 Å². The smallest absolute Gasteiger partial charge is 0.462 e. The van der Waals surface area contributed by atoms with Crippen LogP contribution in [0.25, 0.3) is 0 Å². The zero-order valence-corrected chi connectivity index (χ0v) is 62.5. The minimum absolute atomic E-state index is 0.104. The molecule has 0 heterocycles. The van der Waals surface area contributed by atoms with Crippen LogP contribution in [-0.4, -0.2) is 96.7 Å². The van der Waals surface area contributed by atoms with Gasteiger partial charge < -0.3 is 33.8 Å². The molecule has 17 nitrogen and oxygen atoms in total. The summed E-state index contributed by atoms with van der Waals surface area (Å²) in [6.07, 6.45) is 49.9. The number of hydrogen-bond donors (Lipinski definition) is 3. The van der Waals surface area contributed by atoms with Crippen molar-refractivity contribution in [2.45, 2.75) is 394 Å². The van der Waals surface area contributed by atoms with Crippen LogP contribution in [0.5, 0.6) is 0 Å². The van der Waals surface area contributed by atoms with E-state index in [0.29, 0.717) is 25.7 Å². The molecular weight excluding hydrogens is 1220 g/mol. The predicted octanol–water partition coefficient (Wildman–Crippen LogP) is 21.4. The monoisotopic (exact) mass is 1370 g/mol. The van der Waals surface area contributed by atoms with Gasteiger partial charge in [-0.25, -0.2) is 9.13 Å². The highest BCUT2D eigenvalue weighted by Crippen LogP contribution is 2.45. The molecule has 0 aliphatic rings. The Labute approximate surface area is 568 Å². The number of rotatable bonds is 72. The van der Waals surface area contributed by atoms with Crippen molar-refractivity contribution in [1.82, 2.24) is 0 Å². The highest BCUT2D eigenvalue weighted by Gasteiger charge is 2.30. The van der Waals surface area contributed by atoms with Crippen LogP contribution in [0.1, 0.15) is 376 Å². The molecule has 0 saturated carbocycles. The van der Waals surface area contributed by atoms with Crippen LogP contribution in [0, 0.1) is 17.8 Å². The Morgan fingerprint density at radius 1 is 0.312 bits per heavy atom. The Morgan fingerprint density at radius 2 is 0.548 bits per heavy atom. The summed E-state index contributed by atoms with van der Waals surface area (Å²) in [5.74, 6) is 0.181. The number of aliphatic hydroxyl groups excluding tert-OH is 1. The second-order valence-electron chi connectivity index (χ2n) is 27.6. The van der Waals surface area contributed by atoms with Gasteiger partial charge in [-0.3, -0.25) is 37.3 Å². The van der Waals surface area contributed by atoms with E-state index in [1.54, 1.807) is 0 Å². The number of hydrogen-bond acceptors (Lipinski definition) is 15. The van der Waals surface area contributed by atoms with Crippen molar-refractivity contribution in [2.75, 3.05) is 39.6 Å². The molecule has 0 aromatic heterocycles. The summed E-state index contributed by atoms with van der Waals surface area (Å²) in [6.45, 7) is 11.9. The van der Waals surface area contributed by atoms with E-state index < -0.39 is 97.5 Å². The number of phosphoric ester groups is 2. The lowest BCUT2D eigenvalue weighted by molar-refractivity contribution is -0.161. The van der Waals surface area contributed by atoms with Gasteiger partial charge in [-0.15, -0.1) is 0 Å². The molecule has 19 heteroatoms. The predicted molar refractivity (Wildman–Crippen MR) is 377 cm³/mol. The second-order valence-corrected chi connectivity index (χ2v) is 30.6. The van der Waals surface area contributed by atoms with Crippen LogP contribution in [0.2, 0.25) is 0 Å². The van der Waals surface area contributed by atoms with Gasteiger partial charge >= 0.3 is 39.5 Å². The number of aliphatic hydroxyl groups is 1. The Bertz CT molecular complexity index is 1820. The fourth-order valence-corrected chi connectivity index (χ4v) is 12.8. The van der Waals surface area contributed by atoms with Gasteiger partial charge in [0.25, 0.3) is 0 Å². The zero-order valence-electron chi connectivity index (χ0n) is 60.7. The molecule has 0 rings (SSSR count). The first-order valence-corrected chi connectivity index (χ1v) is 41.4. The van der Waals surface area contributed by atoms with Crippen LogP contribution in [0.4, 0.5) is 0 Å². The van der Waals surface area contributed by atoms with Gasteiger partial charge in [0.1, 0.15) is 19.3 Å². The quantitative estimate of drug-likeness (QED) is 0.0222. The summed E-state index contributed by atoms with van der Waals surface area (Å²) in [6, 6.07) is 0. The molecule has 3 N–H and O–H groups in total. The summed E-state index contributed by atoms with van der Waals surface area (Å²) < 4.78 is 68.4. The molecule has 0 fully saturated rings. The minimum Gasteiger partial charge on any atom is -0.462 e. The molecule has 0 spiro atoms. The summed E-state index contributed by atoms with van der Waals surface area (Å²) >= 11 is 0. The highest BCUT2D eigenvalue weighted by atomic mass is 31.2. The van der Waals surface area contributed by atoms with Crippen LogP contribution in [-0.2, 0) is 65.4 Å². The average Bonchev–Trinajstić information content (AvgIpc) is 3.73. The lowest BCUT2D eigenvalue weighted by Crippen LogP contribution is -2.30. The topological polar surface area (TPSA) is 237 Å². The minimum atomic E-state index is -4.96. The molecule has 552 valence electrons. The number of phosphoric acid groups is 2. The normalized spacial score (nSPS) is 14.7. The van der Waals surface area contributed by atoms with E-state index in [-0.39, 0.29) is 25.7 Å². The third kappa shape index (κ3) is 65.8. The van der Waals surface area contributed by atoms with Crippen molar-refractivity contribution in [3.8, 4) is 0 Å². The van der Waals surface area contributed by atoms with Gasteiger partial charge in [-0.2, -0.15) is 0 Å². The molecule has 0 amide bonds. The molecule has 0 radical (unpaired) electrons. The lowest BCUT2D eigenvalue weighted by Gasteiger charge is -2.21. The lowest BCUT2D eigenvalue weighted by atomic mass is 9.99. The molecule has 4 unspecified atom stereocenters. The van der Waals surface area contributed by atoms with Gasteiger partial charge in [0.05, 0.1) is 26.4 Å². The Balaban J connectivity index is 5.25. The van der Waals surface area contributed by atoms with E-state index in [4.69, 9.17) is 37.0 Å². The third-order valence-electron chi connectivity index (χ3n) is 17.9. The molecule has 0 bridgehead atoms. The Kier molecular flexibility index (Phi) is 63.4. The first kappa shape index (κ1) is 91.1. The molecule has 0 aromatic carbocycles. The number of unbranched alkanes of at least 4 members (excludes halogenated alkanes) is 38. The number of carbonyl (C=O) groups excluding carboxylic acids is 4. The highest BCUT2D eigenvalue weighted by molar-refractivity contribution is 7.47. The van der Waals surface area contributed by atoms with Gasteiger partial charge in [0.2, 0.25) is 0 Å². The molecule has 7 atom stereocenters.